The minimum absolute atomic E-state index is 0.101. The Morgan fingerprint density at radius 1 is 0.939 bits per heavy atom. The standard InChI is InChI=1S/C23H36O9S/c1-7-22(2,3)21(29)32-14-16(12-17(24)8-9-18(25)26)13-31-19(27)10-11-33-15-23(4,5)20(28)30-6/h8-9,16H,7,10-15H2,1-6H3,(H,25,26)/b9-8-. The molecule has 1 atom stereocenters. The Hall–Kier alpha value is -2.36. The van der Waals surface area contributed by atoms with Crippen LogP contribution in [0.25, 0.3) is 0 Å². The number of carboxylic acids is 1. The molecule has 0 aliphatic heterocycles. The lowest BCUT2D eigenvalue weighted by molar-refractivity contribution is -0.157. The van der Waals surface area contributed by atoms with Crippen LogP contribution < -0.4 is 0 Å². The van der Waals surface area contributed by atoms with Gasteiger partial charge in [-0.25, -0.2) is 4.79 Å². The summed E-state index contributed by atoms with van der Waals surface area (Å²) in [5, 5.41) is 8.66. The van der Waals surface area contributed by atoms with E-state index < -0.39 is 40.4 Å². The summed E-state index contributed by atoms with van der Waals surface area (Å²) in [5.41, 5.74) is -1.36. The molecule has 0 aromatic carbocycles. The molecule has 0 aliphatic rings. The third-order valence-electron chi connectivity index (χ3n) is 4.92. The molecule has 0 saturated carbocycles. The first-order valence-electron chi connectivity index (χ1n) is 10.7. The van der Waals surface area contributed by atoms with Crippen LogP contribution in [-0.2, 0) is 38.2 Å². The van der Waals surface area contributed by atoms with Gasteiger partial charge < -0.3 is 19.3 Å². The van der Waals surface area contributed by atoms with E-state index in [-0.39, 0.29) is 32.0 Å². The Morgan fingerprint density at radius 3 is 2.09 bits per heavy atom. The molecule has 10 heteroatoms. The average Bonchev–Trinajstić information content (AvgIpc) is 2.75. The van der Waals surface area contributed by atoms with Crippen molar-refractivity contribution < 1.29 is 43.3 Å². The monoisotopic (exact) mass is 488 g/mol. The van der Waals surface area contributed by atoms with Gasteiger partial charge in [-0.1, -0.05) is 6.92 Å². The zero-order chi connectivity index (χ0) is 25.7. The third-order valence-corrected chi connectivity index (χ3v) is 6.34. The Balaban J connectivity index is 4.75. The fourth-order valence-electron chi connectivity index (χ4n) is 2.32. The summed E-state index contributed by atoms with van der Waals surface area (Å²) in [4.78, 5) is 58.6. The van der Waals surface area contributed by atoms with Crippen molar-refractivity contribution in [1.29, 1.82) is 0 Å². The van der Waals surface area contributed by atoms with Crippen molar-refractivity contribution in [3.63, 3.8) is 0 Å². The number of aliphatic carboxylic acids is 1. The van der Waals surface area contributed by atoms with E-state index in [1.165, 1.54) is 18.9 Å². The topological polar surface area (TPSA) is 133 Å². The van der Waals surface area contributed by atoms with E-state index in [9.17, 15) is 24.0 Å². The molecular formula is C23H36O9S. The Morgan fingerprint density at radius 2 is 1.55 bits per heavy atom. The maximum Gasteiger partial charge on any atom is 0.328 e. The first-order valence-corrected chi connectivity index (χ1v) is 11.8. The SMILES string of the molecule is CCC(C)(C)C(=O)OCC(COC(=O)CCSCC(C)(C)C(=O)OC)CC(=O)/C=C\C(=O)O. The molecule has 0 aromatic rings. The van der Waals surface area contributed by atoms with Gasteiger partial charge in [-0.15, -0.1) is 0 Å². The van der Waals surface area contributed by atoms with Gasteiger partial charge in [0.05, 0.1) is 37.6 Å². The number of allylic oxidation sites excluding steroid dienone is 1. The molecule has 0 fully saturated rings. The molecule has 0 spiro atoms. The predicted molar refractivity (Wildman–Crippen MR) is 124 cm³/mol. The number of ether oxygens (including phenoxy) is 3. The van der Waals surface area contributed by atoms with Gasteiger partial charge >= 0.3 is 23.9 Å². The van der Waals surface area contributed by atoms with Crippen LogP contribution >= 0.6 is 11.8 Å². The van der Waals surface area contributed by atoms with Crippen molar-refractivity contribution in [3.8, 4) is 0 Å². The molecule has 33 heavy (non-hydrogen) atoms. The normalized spacial score (nSPS) is 12.8. The van der Waals surface area contributed by atoms with Gasteiger partial charge in [-0.3, -0.25) is 19.2 Å². The first kappa shape index (κ1) is 30.6. The van der Waals surface area contributed by atoms with Crippen molar-refractivity contribution in [2.75, 3.05) is 31.8 Å². The number of thioether (sulfide) groups is 1. The van der Waals surface area contributed by atoms with Gasteiger partial charge in [0, 0.05) is 29.9 Å². The van der Waals surface area contributed by atoms with Gasteiger partial charge in [0.2, 0.25) is 0 Å². The summed E-state index contributed by atoms with van der Waals surface area (Å²) in [6.45, 7) is 8.56. The van der Waals surface area contributed by atoms with E-state index in [0.29, 0.717) is 17.9 Å². The van der Waals surface area contributed by atoms with Gasteiger partial charge in [-0.05, 0) is 40.2 Å². The number of hydrogen-bond donors (Lipinski definition) is 1. The fourth-order valence-corrected chi connectivity index (χ4v) is 3.40. The summed E-state index contributed by atoms with van der Waals surface area (Å²) in [5.74, 6) is -2.69. The molecule has 0 heterocycles. The average molecular weight is 489 g/mol. The van der Waals surface area contributed by atoms with E-state index in [1.54, 1.807) is 27.7 Å². The molecule has 1 unspecified atom stereocenters. The van der Waals surface area contributed by atoms with Gasteiger partial charge in [0.1, 0.15) is 0 Å². The highest BCUT2D eigenvalue weighted by molar-refractivity contribution is 7.99. The molecule has 0 bridgehead atoms. The van der Waals surface area contributed by atoms with Crippen molar-refractivity contribution in [2.45, 2.75) is 53.9 Å². The second-order valence-corrected chi connectivity index (χ2v) is 10.0. The predicted octanol–water partition coefficient (Wildman–Crippen LogP) is 3.05. The molecule has 0 amide bonds. The number of carboxylic acid groups (broad SMARTS) is 1. The maximum absolute atomic E-state index is 12.2. The highest BCUT2D eigenvalue weighted by Gasteiger charge is 2.29. The Bertz CT molecular complexity index is 725. The number of esters is 3. The number of methoxy groups -OCH3 is 1. The van der Waals surface area contributed by atoms with E-state index in [1.807, 2.05) is 6.92 Å². The van der Waals surface area contributed by atoms with Gasteiger partial charge in [0.25, 0.3) is 0 Å². The molecule has 0 saturated heterocycles. The lowest BCUT2D eigenvalue weighted by Gasteiger charge is -2.23. The van der Waals surface area contributed by atoms with Crippen LogP contribution in [0.1, 0.15) is 53.9 Å². The summed E-state index contributed by atoms with van der Waals surface area (Å²) < 4.78 is 15.3. The smallest absolute Gasteiger partial charge is 0.328 e. The van der Waals surface area contributed by atoms with E-state index in [0.717, 1.165) is 12.2 Å². The number of rotatable bonds is 16. The van der Waals surface area contributed by atoms with Crippen LogP contribution in [0.15, 0.2) is 12.2 Å². The minimum Gasteiger partial charge on any atom is -0.478 e. The number of carbonyl (C=O) groups is 5. The second kappa shape index (κ2) is 14.7. The lowest BCUT2D eigenvalue weighted by atomic mass is 9.90. The molecule has 1 N–H and O–H groups in total. The van der Waals surface area contributed by atoms with Crippen LogP contribution in [0.4, 0.5) is 0 Å². The molecule has 9 nitrogen and oxygen atoms in total. The van der Waals surface area contributed by atoms with Gasteiger partial charge in [-0.2, -0.15) is 11.8 Å². The minimum atomic E-state index is -1.25. The molecule has 0 rings (SSSR count). The quantitative estimate of drug-likeness (QED) is 0.149. The number of ketones is 1. The molecule has 0 aliphatic carbocycles. The molecular weight excluding hydrogens is 452 g/mol. The Kier molecular flexibility index (Phi) is 13.7. The Labute approximate surface area is 199 Å². The fraction of sp³-hybridized carbons (Fsp3) is 0.696. The zero-order valence-electron chi connectivity index (χ0n) is 20.3. The maximum atomic E-state index is 12.2. The van der Waals surface area contributed by atoms with E-state index in [4.69, 9.17) is 19.3 Å². The highest BCUT2D eigenvalue weighted by atomic mass is 32.2. The van der Waals surface area contributed by atoms with Crippen LogP contribution in [0, 0.1) is 16.7 Å². The van der Waals surface area contributed by atoms with Crippen molar-refractivity contribution in [3.05, 3.63) is 12.2 Å². The van der Waals surface area contributed by atoms with Gasteiger partial charge in [0.15, 0.2) is 5.78 Å². The second-order valence-electron chi connectivity index (χ2n) is 8.90. The van der Waals surface area contributed by atoms with Crippen LogP contribution in [0.5, 0.6) is 0 Å². The number of hydrogen-bond acceptors (Lipinski definition) is 9. The van der Waals surface area contributed by atoms with Crippen LogP contribution in [0.3, 0.4) is 0 Å². The summed E-state index contributed by atoms with van der Waals surface area (Å²) in [7, 11) is 1.32. The lowest BCUT2D eigenvalue weighted by Crippen LogP contribution is -2.30. The van der Waals surface area contributed by atoms with Crippen LogP contribution in [-0.4, -0.2) is 66.6 Å². The molecule has 0 radical (unpaired) electrons. The van der Waals surface area contributed by atoms with Crippen molar-refractivity contribution in [2.24, 2.45) is 16.7 Å². The zero-order valence-corrected chi connectivity index (χ0v) is 21.1. The van der Waals surface area contributed by atoms with Crippen molar-refractivity contribution in [1.82, 2.24) is 0 Å². The molecule has 0 aromatic heterocycles. The van der Waals surface area contributed by atoms with Crippen molar-refractivity contribution >= 4 is 41.4 Å². The highest BCUT2D eigenvalue weighted by Crippen LogP contribution is 2.24. The number of carbonyl (C=O) groups excluding carboxylic acids is 4. The van der Waals surface area contributed by atoms with Crippen LogP contribution in [0.2, 0.25) is 0 Å². The summed E-state index contributed by atoms with van der Waals surface area (Å²) in [6.07, 6.45) is 2.18. The summed E-state index contributed by atoms with van der Waals surface area (Å²) >= 11 is 1.42. The van der Waals surface area contributed by atoms with E-state index in [2.05, 4.69) is 0 Å². The largest absolute Gasteiger partial charge is 0.478 e. The summed E-state index contributed by atoms with van der Waals surface area (Å²) in [6, 6.07) is 0. The first-order chi connectivity index (χ1) is 15.2. The van der Waals surface area contributed by atoms with E-state index >= 15 is 0 Å². The molecule has 188 valence electrons. The third kappa shape index (κ3) is 13.1.